The SMILES string of the molecule is COc1ccc(N2CCN(CCNC(=O)CCC3CCCC3)CC2)cc1. The lowest BCUT2D eigenvalue weighted by atomic mass is 10.0. The number of carbonyl (C=O) groups is 1. The van der Waals surface area contributed by atoms with Gasteiger partial charge in [0.2, 0.25) is 5.91 Å². The summed E-state index contributed by atoms with van der Waals surface area (Å²) in [5.41, 5.74) is 1.26. The molecule has 0 unspecified atom stereocenters. The smallest absolute Gasteiger partial charge is 0.220 e. The summed E-state index contributed by atoms with van der Waals surface area (Å²) < 4.78 is 5.22. The van der Waals surface area contributed by atoms with Gasteiger partial charge in [0.1, 0.15) is 5.75 Å². The largest absolute Gasteiger partial charge is 0.497 e. The van der Waals surface area contributed by atoms with Gasteiger partial charge in [-0.1, -0.05) is 25.7 Å². The van der Waals surface area contributed by atoms with Crippen molar-refractivity contribution in [3.63, 3.8) is 0 Å². The highest BCUT2D eigenvalue weighted by atomic mass is 16.5. The lowest BCUT2D eigenvalue weighted by Gasteiger charge is -2.36. The van der Waals surface area contributed by atoms with Crippen LogP contribution in [0.1, 0.15) is 38.5 Å². The molecule has 2 aliphatic rings. The van der Waals surface area contributed by atoms with Crippen LogP contribution < -0.4 is 15.0 Å². The van der Waals surface area contributed by atoms with Gasteiger partial charge < -0.3 is 15.0 Å². The van der Waals surface area contributed by atoms with Crippen molar-refractivity contribution in [1.29, 1.82) is 0 Å². The van der Waals surface area contributed by atoms with E-state index in [0.29, 0.717) is 6.42 Å². The summed E-state index contributed by atoms with van der Waals surface area (Å²) in [7, 11) is 1.70. The highest BCUT2D eigenvalue weighted by Crippen LogP contribution is 2.28. The molecule has 0 aromatic heterocycles. The van der Waals surface area contributed by atoms with E-state index in [1.165, 1.54) is 31.4 Å². The molecule has 0 bridgehead atoms. The van der Waals surface area contributed by atoms with E-state index in [1.54, 1.807) is 7.11 Å². The number of methoxy groups -OCH3 is 1. The fourth-order valence-electron chi connectivity index (χ4n) is 4.10. The highest BCUT2D eigenvalue weighted by molar-refractivity contribution is 5.75. The Morgan fingerprint density at radius 3 is 2.46 bits per heavy atom. The summed E-state index contributed by atoms with van der Waals surface area (Å²) in [6.07, 6.45) is 7.14. The fourth-order valence-corrected chi connectivity index (χ4v) is 4.10. The fraction of sp³-hybridized carbons (Fsp3) is 0.667. The van der Waals surface area contributed by atoms with Crippen molar-refractivity contribution in [2.24, 2.45) is 5.92 Å². The number of rotatable bonds is 8. The number of benzene rings is 1. The summed E-state index contributed by atoms with van der Waals surface area (Å²) in [5, 5.41) is 3.10. The molecule has 1 N–H and O–H groups in total. The van der Waals surface area contributed by atoms with Crippen LogP contribution in [0, 0.1) is 5.92 Å². The Hall–Kier alpha value is -1.75. The zero-order chi connectivity index (χ0) is 18.2. The van der Waals surface area contributed by atoms with Gasteiger partial charge in [0.15, 0.2) is 0 Å². The second-order valence-electron chi connectivity index (χ2n) is 7.57. The van der Waals surface area contributed by atoms with Crippen molar-refractivity contribution in [2.45, 2.75) is 38.5 Å². The first-order valence-corrected chi connectivity index (χ1v) is 10.1. The van der Waals surface area contributed by atoms with E-state index < -0.39 is 0 Å². The summed E-state index contributed by atoms with van der Waals surface area (Å²) >= 11 is 0. The van der Waals surface area contributed by atoms with Crippen LogP contribution in [-0.4, -0.2) is 57.2 Å². The molecular weight excluding hydrogens is 326 g/mol. The van der Waals surface area contributed by atoms with Gasteiger partial charge in [-0.2, -0.15) is 0 Å². The summed E-state index contributed by atoms with van der Waals surface area (Å²) in [5.74, 6) is 1.93. The van der Waals surface area contributed by atoms with Gasteiger partial charge in [-0.05, 0) is 36.6 Å². The van der Waals surface area contributed by atoms with Crippen molar-refractivity contribution < 1.29 is 9.53 Å². The van der Waals surface area contributed by atoms with Gasteiger partial charge in [-0.25, -0.2) is 0 Å². The van der Waals surface area contributed by atoms with E-state index in [0.717, 1.165) is 57.4 Å². The normalized spacial score (nSPS) is 18.9. The average Bonchev–Trinajstić information content (AvgIpc) is 3.21. The van der Waals surface area contributed by atoms with Gasteiger partial charge >= 0.3 is 0 Å². The van der Waals surface area contributed by atoms with Crippen molar-refractivity contribution in [3.05, 3.63) is 24.3 Å². The Morgan fingerprint density at radius 1 is 1.12 bits per heavy atom. The van der Waals surface area contributed by atoms with E-state index in [4.69, 9.17) is 4.74 Å². The van der Waals surface area contributed by atoms with Gasteiger partial charge in [0.05, 0.1) is 7.11 Å². The van der Waals surface area contributed by atoms with Crippen molar-refractivity contribution in [3.8, 4) is 5.75 Å². The van der Waals surface area contributed by atoms with Crippen molar-refractivity contribution in [1.82, 2.24) is 10.2 Å². The molecule has 2 fully saturated rings. The van der Waals surface area contributed by atoms with Crippen LogP contribution in [0.5, 0.6) is 5.75 Å². The average molecular weight is 360 g/mol. The molecule has 144 valence electrons. The lowest BCUT2D eigenvalue weighted by molar-refractivity contribution is -0.121. The van der Waals surface area contributed by atoms with Crippen molar-refractivity contribution in [2.75, 3.05) is 51.3 Å². The maximum Gasteiger partial charge on any atom is 0.220 e. The molecule has 0 radical (unpaired) electrons. The number of hydrogen-bond acceptors (Lipinski definition) is 4. The maximum atomic E-state index is 12.0. The van der Waals surface area contributed by atoms with Crippen LogP contribution in [0.25, 0.3) is 0 Å². The Labute approximate surface area is 157 Å². The Kier molecular flexibility index (Phi) is 7.18. The molecule has 1 saturated heterocycles. The number of nitrogens with zero attached hydrogens (tertiary/aromatic N) is 2. The van der Waals surface area contributed by atoms with E-state index in [2.05, 4.69) is 27.2 Å². The maximum absolute atomic E-state index is 12.0. The molecule has 0 spiro atoms. The first kappa shape index (κ1) is 19.0. The Morgan fingerprint density at radius 2 is 1.81 bits per heavy atom. The summed E-state index contributed by atoms with van der Waals surface area (Å²) in [6.45, 7) is 5.87. The molecule has 0 atom stereocenters. The lowest BCUT2D eigenvalue weighted by Crippen LogP contribution is -2.48. The topological polar surface area (TPSA) is 44.8 Å². The van der Waals surface area contributed by atoms with Crippen molar-refractivity contribution >= 4 is 11.6 Å². The number of nitrogens with one attached hydrogen (secondary N) is 1. The van der Waals surface area contributed by atoms with Gasteiger partial charge in [0, 0.05) is 51.4 Å². The molecule has 1 aliphatic heterocycles. The first-order valence-electron chi connectivity index (χ1n) is 10.1. The zero-order valence-corrected chi connectivity index (χ0v) is 16.1. The zero-order valence-electron chi connectivity index (χ0n) is 16.1. The molecule has 1 amide bonds. The van der Waals surface area contributed by atoms with Gasteiger partial charge in [-0.3, -0.25) is 9.69 Å². The number of amides is 1. The summed E-state index contributed by atoms with van der Waals surface area (Å²) in [4.78, 5) is 16.8. The van der Waals surface area contributed by atoms with Gasteiger partial charge in [-0.15, -0.1) is 0 Å². The third kappa shape index (κ3) is 5.63. The standard InChI is InChI=1S/C21H33N3O2/c1-26-20-9-7-19(8-10-20)24-16-14-23(15-17-24)13-12-22-21(25)11-6-18-4-2-3-5-18/h7-10,18H,2-6,11-17H2,1H3,(H,22,25). The minimum absolute atomic E-state index is 0.230. The number of ether oxygens (including phenoxy) is 1. The predicted octanol–water partition coefficient (Wildman–Crippen LogP) is 2.90. The van der Waals surface area contributed by atoms with E-state index in [1.807, 2.05) is 12.1 Å². The molecular formula is C21H33N3O2. The second kappa shape index (κ2) is 9.81. The highest BCUT2D eigenvalue weighted by Gasteiger charge is 2.18. The van der Waals surface area contributed by atoms with Crippen LogP contribution >= 0.6 is 0 Å². The monoisotopic (exact) mass is 359 g/mol. The molecule has 1 aromatic rings. The summed E-state index contributed by atoms with van der Waals surface area (Å²) in [6, 6.07) is 8.28. The molecule has 1 aromatic carbocycles. The van der Waals surface area contributed by atoms with E-state index in [-0.39, 0.29) is 5.91 Å². The molecule has 1 heterocycles. The van der Waals surface area contributed by atoms with Gasteiger partial charge in [0.25, 0.3) is 0 Å². The van der Waals surface area contributed by atoms with Crippen LogP contribution in [0.3, 0.4) is 0 Å². The third-order valence-electron chi connectivity index (χ3n) is 5.81. The molecule has 1 saturated carbocycles. The molecule has 5 heteroatoms. The quantitative estimate of drug-likeness (QED) is 0.775. The van der Waals surface area contributed by atoms with Crippen LogP contribution in [0.4, 0.5) is 5.69 Å². The number of carbonyl (C=O) groups excluding carboxylic acids is 1. The molecule has 5 nitrogen and oxygen atoms in total. The van der Waals surface area contributed by atoms with Crippen LogP contribution in [0.15, 0.2) is 24.3 Å². The van der Waals surface area contributed by atoms with E-state index >= 15 is 0 Å². The minimum atomic E-state index is 0.230. The Balaban J connectivity index is 1.29. The molecule has 1 aliphatic carbocycles. The number of anilines is 1. The Bertz CT molecular complexity index is 547. The molecule has 3 rings (SSSR count). The minimum Gasteiger partial charge on any atom is -0.497 e. The van der Waals surface area contributed by atoms with Crippen LogP contribution in [-0.2, 0) is 4.79 Å². The first-order chi connectivity index (χ1) is 12.7. The number of hydrogen-bond donors (Lipinski definition) is 1. The second-order valence-corrected chi connectivity index (χ2v) is 7.57. The predicted molar refractivity (Wildman–Crippen MR) is 106 cm³/mol. The number of piperazine rings is 1. The molecule has 26 heavy (non-hydrogen) atoms. The van der Waals surface area contributed by atoms with E-state index in [9.17, 15) is 4.79 Å². The third-order valence-corrected chi connectivity index (χ3v) is 5.81. The van der Waals surface area contributed by atoms with Crippen LogP contribution in [0.2, 0.25) is 0 Å².